The van der Waals surface area contributed by atoms with Crippen LogP contribution in [0.2, 0.25) is 0 Å². The van der Waals surface area contributed by atoms with Gasteiger partial charge in [0.05, 0.1) is 10.6 Å². The normalized spacial score (nSPS) is 16.8. The summed E-state index contributed by atoms with van der Waals surface area (Å²) in [6.45, 7) is 9.91. The molecule has 0 radical (unpaired) electrons. The molecule has 1 aromatic heterocycles. The van der Waals surface area contributed by atoms with Crippen LogP contribution >= 0.6 is 24.0 Å². The van der Waals surface area contributed by atoms with Gasteiger partial charge in [-0.1, -0.05) is 43.0 Å². The molecule has 2 aromatic rings. The van der Waals surface area contributed by atoms with Gasteiger partial charge in [0, 0.05) is 58.0 Å². The number of benzene rings is 1. The van der Waals surface area contributed by atoms with E-state index in [1.165, 1.54) is 17.8 Å². The molecule has 2 fully saturated rings. The molecule has 0 N–H and O–H groups in total. The maximum absolute atomic E-state index is 14.5. The Labute approximate surface area is 244 Å². The van der Waals surface area contributed by atoms with E-state index >= 15 is 0 Å². The molecule has 0 aliphatic carbocycles. The van der Waals surface area contributed by atoms with Crippen LogP contribution < -0.4 is 15.4 Å². The lowest BCUT2D eigenvalue weighted by atomic mass is 10.0. The highest BCUT2D eigenvalue weighted by Crippen LogP contribution is 2.36. The van der Waals surface area contributed by atoms with Crippen LogP contribution in [0, 0.1) is 24.1 Å². The highest BCUT2D eigenvalue weighted by Gasteiger charge is 2.33. The van der Waals surface area contributed by atoms with Crippen molar-refractivity contribution >= 4 is 51.8 Å². The standard InChI is InChI=1S/C29H34FN5O3S2/c1-4-11-34-26(33-15-13-32(14-16-33)24-10-7-6-9-23(24)30)21(20(3)22(19-31)27(34)36)18-25-28(37)35(29(39)40-25)12-8-17-38-5-2/h6-7,9-10,18H,4-5,8,11-17H2,1-3H3/b25-18+. The summed E-state index contributed by atoms with van der Waals surface area (Å²) < 4.78 is 22.0. The number of amides is 1. The summed E-state index contributed by atoms with van der Waals surface area (Å²) >= 11 is 6.75. The van der Waals surface area contributed by atoms with E-state index in [1.54, 1.807) is 34.6 Å². The molecule has 0 unspecified atom stereocenters. The Morgan fingerprint density at radius 3 is 2.48 bits per heavy atom. The topological polar surface area (TPSA) is 81.8 Å². The van der Waals surface area contributed by atoms with Crippen LogP contribution in [-0.2, 0) is 16.1 Å². The number of ether oxygens (including phenoxy) is 1. The zero-order valence-electron chi connectivity index (χ0n) is 23.1. The van der Waals surface area contributed by atoms with E-state index in [9.17, 15) is 19.2 Å². The van der Waals surface area contributed by atoms with Crippen LogP contribution in [0.4, 0.5) is 15.9 Å². The molecule has 0 saturated carbocycles. The Kier molecular flexibility index (Phi) is 10.0. The first-order valence-electron chi connectivity index (χ1n) is 13.6. The SMILES string of the molecule is CCCn1c(N2CCN(c3ccccc3F)CC2)c(/C=C2/SC(=S)N(CCCOCC)C2=O)c(C)c(C#N)c1=O. The van der Waals surface area contributed by atoms with Crippen LogP contribution in [0.3, 0.4) is 0 Å². The molecule has 212 valence electrons. The van der Waals surface area contributed by atoms with E-state index in [0.717, 1.165) is 0 Å². The molecular weight excluding hydrogens is 549 g/mol. The molecule has 0 bridgehead atoms. The molecule has 8 nitrogen and oxygen atoms in total. The predicted octanol–water partition coefficient (Wildman–Crippen LogP) is 4.53. The second kappa shape index (κ2) is 13.4. The Morgan fingerprint density at radius 2 is 1.82 bits per heavy atom. The van der Waals surface area contributed by atoms with Gasteiger partial charge >= 0.3 is 0 Å². The van der Waals surface area contributed by atoms with Gasteiger partial charge in [0.1, 0.15) is 27.6 Å². The van der Waals surface area contributed by atoms with Gasteiger partial charge in [-0.25, -0.2) is 4.39 Å². The second-order valence-electron chi connectivity index (χ2n) is 9.62. The van der Waals surface area contributed by atoms with E-state index in [1.807, 2.05) is 24.8 Å². The fourth-order valence-electron chi connectivity index (χ4n) is 5.08. The third-order valence-electron chi connectivity index (χ3n) is 7.09. The van der Waals surface area contributed by atoms with Gasteiger partial charge in [-0.3, -0.25) is 19.1 Å². The molecule has 1 amide bonds. The van der Waals surface area contributed by atoms with Crippen molar-refractivity contribution in [3.05, 3.63) is 62.0 Å². The third-order valence-corrected chi connectivity index (χ3v) is 8.47. The van der Waals surface area contributed by atoms with Crippen LogP contribution in [0.25, 0.3) is 6.08 Å². The van der Waals surface area contributed by atoms with Crippen molar-refractivity contribution in [1.82, 2.24) is 9.47 Å². The minimum Gasteiger partial charge on any atom is -0.382 e. The molecule has 3 heterocycles. The lowest BCUT2D eigenvalue weighted by Gasteiger charge is -2.39. The number of carbonyl (C=O) groups excluding carboxylic acids is 1. The van der Waals surface area contributed by atoms with Gasteiger partial charge in [0.2, 0.25) is 0 Å². The number of aromatic nitrogens is 1. The second-order valence-corrected chi connectivity index (χ2v) is 11.3. The van der Waals surface area contributed by atoms with Crippen molar-refractivity contribution in [3.63, 3.8) is 0 Å². The zero-order valence-corrected chi connectivity index (χ0v) is 24.7. The Bertz CT molecular complexity index is 1410. The lowest BCUT2D eigenvalue weighted by Crippen LogP contribution is -2.49. The maximum atomic E-state index is 14.5. The maximum Gasteiger partial charge on any atom is 0.270 e. The number of para-hydroxylation sites is 1. The first kappa shape index (κ1) is 29.8. The number of nitriles is 1. The molecule has 40 heavy (non-hydrogen) atoms. The molecule has 4 rings (SSSR count). The first-order valence-corrected chi connectivity index (χ1v) is 14.8. The number of nitrogens with zero attached hydrogens (tertiary/aromatic N) is 5. The summed E-state index contributed by atoms with van der Waals surface area (Å²) in [4.78, 5) is 33.0. The van der Waals surface area contributed by atoms with E-state index in [4.69, 9.17) is 17.0 Å². The van der Waals surface area contributed by atoms with Crippen molar-refractivity contribution in [2.75, 3.05) is 55.7 Å². The average molecular weight is 584 g/mol. The average Bonchev–Trinajstić information content (AvgIpc) is 3.22. The van der Waals surface area contributed by atoms with Crippen molar-refractivity contribution in [2.45, 2.75) is 40.2 Å². The van der Waals surface area contributed by atoms with E-state index in [0.29, 0.717) is 97.2 Å². The van der Waals surface area contributed by atoms with Gasteiger partial charge in [-0.05, 0) is 50.5 Å². The molecule has 1 aromatic carbocycles. The smallest absolute Gasteiger partial charge is 0.270 e. The van der Waals surface area contributed by atoms with E-state index < -0.39 is 0 Å². The molecular formula is C29H34FN5O3S2. The van der Waals surface area contributed by atoms with Gasteiger partial charge in [0.25, 0.3) is 11.5 Å². The quantitative estimate of drug-likeness (QED) is 0.229. The summed E-state index contributed by atoms with van der Waals surface area (Å²) in [5.41, 5.74) is 1.48. The number of hydrogen-bond acceptors (Lipinski definition) is 8. The molecule has 2 aliphatic rings. The number of hydrogen-bond donors (Lipinski definition) is 0. The summed E-state index contributed by atoms with van der Waals surface area (Å²) in [7, 11) is 0. The summed E-state index contributed by atoms with van der Waals surface area (Å²) in [6.07, 6.45) is 3.14. The number of thiocarbonyl (C=S) groups is 1. The summed E-state index contributed by atoms with van der Waals surface area (Å²) in [6, 6.07) is 8.80. The largest absolute Gasteiger partial charge is 0.382 e. The Balaban J connectivity index is 1.72. The van der Waals surface area contributed by atoms with Crippen LogP contribution in [-0.4, -0.2) is 65.6 Å². The fraction of sp³-hybridized carbons (Fsp3) is 0.448. The minimum absolute atomic E-state index is 0.0700. The molecule has 0 atom stereocenters. The lowest BCUT2D eigenvalue weighted by molar-refractivity contribution is -0.122. The molecule has 11 heteroatoms. The summed E-state index contributed by atoms with van der Waals surface area (Å²) in [5.74, 6) is 0.225. The Hall–Kier alpha value is -3.20. The highest BCUT2D eigenvalue weighted by atomic mass is 32.2. The van der Waals surface area contributed by atoms with Crippen LogP contribution in [0.1, 0.15) is 43.4 Å². The highest BCUT2D eigenvalue weighted by molar-refractivity contribution is 8.26. The number of pyridine rings is 1. The predicted molar refractivity (Wildman–Crippen MR) is 162 cm³/mol. The van der Waals surface area contributed by atoms with Crippen molar-refractivity contribution in [1.29, 1.82) is 5.26 Å². The number of anilines is 2. The van der Waals surface area contributed by atoms with E-state index in [-0.39, 0.29) is 22.8 Å². The monoisotopic (exact) mass is 583 g/mol. The van der Waals surface area contributed by atoms with Gasteiger partial charge in [-0.2, -0.15) is 5.26 Å². The minimum atomic E-state index is -0.339. The number of carbonyl (C=O) groups is 1. The van der Waals surface area contributed by atoms with Gasteiger partial charge in [0.15, 0.2) is 0 Å². The van der Waals surface area contributed by atoms with Crippen molar-refractivity contribution < 1.29 is 13.9 Å². The fourth-order valence-corrected chi connectivity index (χ4v) is 6.37. The third kappa shape index (κ3) is 6.09. The van der Waals surface area contributed by atoms with Crippen molar-refractivity contribution in [2.24, 2.45) is 0 Å². The van der Waals surface area contributed by atoms with Crippen molar-refractivity contribution in [3.8, 4) is 6.07 Å². The number of halogens is 1. The zero-order chi connectivity index (χ0) is 28.8. The Morgan fingerprint density at radius 1 is 1.12 bits per heavy atom. The molecule has 2 aliphatic heterocycles. The van der Waals surface area contributed by atoms with Crippen LogP contribution in [0.15, 0.2) is 34.0 Å². The molecule has 0 spiro atoms. The first-order chi connectivity index (χ1) is 19.3. The van der Waals surface area contributed by atoms with Gasteiger partial charge in [-0.15, -0.1) is 0 Å². The van der Waals surface area contributed by atoms with Gasteiger partial charge < -0.3 is 14.5 Å². The number of piperazine rings is 1. The number of rotatable bonds is 10. The number of thioether (sulfide) groups is 1. The molecule has 2 saturated heterocycles. The summed E-state index contributed by atoms with van der Waals surface area (Å²) in [5, 5.41) is 9.89. The van der Waals surface area contributed by atoms with E-state index in [2.05, 4.69) is 11.0 Å². The van der Waals surface area contributed by atoms with Crippen LogP contribution in [0.5, 0.6) is 0 Å².